The molecule has 0 fully saturated rings. The van der Waals surface area contributed by atoms with Gasteiger partial charge in [-0.15, -0.1) is 11.3 Å². The Kier molecular flexibility index (Phi) is 5.16. The molecule has 0 bridgehead atoms. The average Bonchev–Trinajstić information content (AvgIpc) is 3.20. The molecule has 0 radical (unpaired) electrons. The van der Waals surface area contributed by atoms with Gasteiger partial charge in [-0.05, 0) is 42.8 Å². The molecule has 0 saturated carbocycles. The van der Waals surface area contributed by atoms with E-state index < -0.39 is 0 Å². The molecule has 1 aromatic carbocycles. The third kappa shape index (κ3) is 3.76. The summed E-state index contributed by atoms with van der Waals surface area (Å²) in [5.41, 5.74) is 3.44. The van der Waals surface area contributed by atoms with Crippen molar-refractivity contribution >= 4 is 43.9 Å². The monoisotopic (exact) mass is 359 g/mol. The highest BCUT2D eigenvalue weighted by molar-refractivity contribution is 7.22. The molecule has 0 atom stereocenters. The zero-order chi connectivity index (χ0) is 17.1. The van der Waals surface area contributed by atoms with Gasteiger partial charge in [0.05, 0.1) is 16.8 Å². The standard InChI is InChI=1S/C18H21N3OS2/c1-12-6-7-13(2)17-16(12)20-18(24-17)21(3)11-15(22)19-9-8-14-5-4-10-23-14/h4-7,10H,8-9,11H2,1-3H3,(H,19,22). The smallest absolute Gasteiger partial charge is 0.239 e. The summed E-state index contributed by atoms with van der Waals surface area (Å²) in [6.07, 6.45) is 0.882. The number of likely N-dealkylation sites (N-methyl/N-ethyl adjacent to an activating group) is 1. The number of fused-ring (bicyclic) bond motifs is 1. The van der Waals surface area contributed by atoms with E-state index >= 15 is 0 Å². The molecule has 1 amide bonds. The maximum absolute atomic E-state index is 12.1. The number of hydrogen-bond donors (Lipinski definition) is 1. The lowest BCUT2D eigenvalue weighted by Gasteiger charge is -2.15. The quantitative estimate of drug-likeness (QED) is 0.729. The molecular formula is C18H21N3OS2. The Morgan fingerprint density at radius 2 is 2.04 bits per heavy atom. The lowest BCUT2D eigenvalue weighted by atomic mass is 10.1. The van der Waals surface area contributed by atoms with Crippen LogP contribution in [0, 0.1) is 13.8 Å². The van der Waals surface area contributed by atoms with Crippen LogP contribution in [0.15, 0.2) is 29.6 Å². The summed E-state index contributed by atoms with van der Waals surface area (Å²) in [4.78, 5) is 20.1. The fourth-order valence-corrected chi connectivity index (χ4v) is 4.31. The number of carbonyl (C=O) groups is 1. The molecule has 0 aliphatic heterocycles. The minimum absolute atomic E-state index is 0.0294. The second-order valence-electron chi connectivity index (χ2n) is 5.91. The average molecular weight is 360 g/mol. The van der Waals surface area contributed by atoms with E-state index in [1.807, 2.05) is 18.0 Å². The van der Waals surface area contributed by atoms with Crippen LogP contribution < -0.4 is 10.2 Å². The van der Waals surface area contributed by atoms with Gasteiger partial charge in [0.25, 0.3) is 0 Å². The van der Waals surface area contributed by atoms with Gasteiger partial charge in [-0.25, -0.2) is 4.98 Å². The van der Waals surface area contributed by atoms with Crippen LogP contribution in [-0.4, -0.2) is 31.0 Å². The molecule has 126 valence electrons. The summed E-state index contributed by atoms with van der Waals surface area (Å²) in [6.45, 7) is 5.16. The van der Waals surface area contributed by atoms with Gasteiger partial charge in [0.1, 0.15) is 0 Å². The van der Waals surface area contributed by atoms with Crippen LogP contribution in [0.3, 0.4) is 0 Å². The number of nitrogens with zero attached hydrogens (tertiary/aromatic N) is 2. The van der Waals surface area contributed by atoms with Crippen molar-refractivity contribution in [1.29, 1.82) is 0 Å². The first-order valence-corrected chi connectivity index (χ1v) is 9.61. The fraction of sp³-hybridized carbons (Fsp3) is 0.333. The van der Waals surface area contributed by atoms with Crippen molar-refractivity contribution in [2.24, 2.45) is 0 Å². The number of rotatable bonds is 6. The van der Waals surface area contributed by atoms with Crippen molar-refractivity contribution in [3.05, 3.63) is 45.6 Å². The molecule has 24 heavy (non-hydrogen) atoms. The highest BCUT2D eigenvalue weighted by Crippen LogP contribution is 2.32. The SMILES string of the molecule is Cc1ccc(C)c2sc(N(C)CC(=O)NCCc3cccs3)nc12. The number of aromatic nitrogens is 1. The van der Waals surface area contributed by atoms with Gasteiger partial charge in [0.2, 0.25) is 5.91 Å². The number of thiazole rings is 1. The molecule has 3 aromatic rings. The molecule has 0 aliphatic carbocycles. The van der Waals surface area contributed by atoms with Crippen molar-refractivity contribution in [1.82, 2.24) is 10.3 Å². The highest BCUT2D eigenvalue weighted by Gasteiger charge is 2.14. The Labute approximate surface area is 150 Å². The van der Waals surface area contributed by atoms with Crippen LogP contribution in [0.4, 0.5) is 5.13 Å². The number of hydrogen-bond acceptors (Lipinski definition) is 5. The third-order valence-corrected chi connectivity index (χ3v) is 6.15. The molecule has 0 aliphatic rings. The van der Waals surface area contributed by atoms with E-state index in [2.05, 4.69) is 42.7 Å². The summed E-state index contributed by atoms with van der Waals surface area (Å²) < 4.78 is 1.20. The lowest BCUT2D eigenvalue weighted by molar-refractivity contribution is -0.119. The van der Waals surface area contributed by atoms with Crippen molar-refractivity contribution in [3.63, 3.8) is 0 Å². The molecule has 3 rings (SSSR count). The molecule has 4 nitrogen and oxygen atoms in total. The van der Waals surface area contributed by atoms with Gasteiger partial charge in [-0.2, -0.15) is 0 Å². The van der Waals surface area contributed by atoms with Crippen molar-refractivity contribution in [2.45, 2.75) is 20.3 Å². The van der Waals surface area contributed by atoms with E-state index in [9.17, 15) is 4.79 Å². The summed E-state index contributed by atoms with van der Waals surface area (Å²) in [6, 6.07) is 8.34. The summed E-state index contributed by atoms with van der Waals surface area (Å²) in [7, 11) is 1.92. The van der Waals surface area contributed by atoms with E-state index in [1.54, 1.807) is 22.7 Å². The van der Waals surface area contributed by atoms with Crippen LogP contribution in [-0.2, 0) is 11.2 Å². The van der Waals surface area contributed by atoms with E-state index in [0.717, 1.165) is 17.1 Å². The van der Waals surface area contributed by atoms with Gasteiger partial charge in [-0.1, -0.05) is 29.5 Å². The molecule has 2 aromatic heterocycles. The Hall–Kier alpha value is -1.92. The predicted octanol–water partition coefficient (Wildman–Crippen LogP) is 3.77. The molecule has 6 heteroatoms. The second kappa shape index (κ2) is 7.32. The Balaban J connectivity index is 1.60. The second-order valence-corrected chi connectivity index (χ2v) is 7.92. The van der Waals surface area contributed by atoms with Gasteiger partial charge < -0.3 is 10.2 Å². The largest absolute Gasteiger partial charge is 0.354 e. The Morgan fingerprint density at radius 1 is 1.25 bits per heavy atom. The normalized spacial score (nSPS) is 11.0. The van der Waals surface area contributed by atoms with E-state index in [0.29, 0.717) is 13.1 Å². The van der Waals surface area contributed by atoms with Crippen molar-refractivity contribution < 1.29 is 4.79 Å². The fourth-order valence-electron chi connectivity index (χ4n) is 2.53. The summed E-state index contributed by atoms with van der Waals surface area (Å²) in [5, 5.41) is 5.92. The number of thiophene rings is 1. The topological polar surface area (TPSA) is 45.2 Å². The van der Waals surface area contributed by atoms with Gasteiger partial charge in [0, 0.05) is 18.5 Å². The summed E-state index contributed by atoms with van der Waals surface area (Å²) >= 11 is 3.37. The lowest BCUT2D eigenvalue weighted by Crippen LogP contribution is -2.36. The number of carbonyl (C=O) groups excluding carboxylic acids is 1. The van der Waals surface area contributed by atoms with Crippen LogP contribution in [0.2, 0.25) is 0 Å². The minimum Gasteiger partial charge on any atom is -0.354 e. The number of aryl methyl sites for hydroxylation is 2. The first-order chi connectivity index (χ1) is 11.5. The molecule has 2 heterocycles. The van der Waals surface area contributed by atoms with Gasteiger partial charge >= 0.3 is 0 Å². The minimum atomic E-state index is 0.0294. The van der Waals surface area contributed by atoms with Crippen molar-refractivity contribution in [3.8, 4) is 0 Å². The molecule has 1 N–H and O–H groups in total. The van der Waals surface area contributed by atoms with E-state index in [-0.39, 0.29) is 5.91 Å². The number of anilines is 1. The zero-order valence-electron chi connectivity index (χ0n) is 14.1. The number of nitrogens with one attached hydrogen (secondary N) is 1. The number of amides is 1. The van der Waals surface area contributed by atoms with Crippen LogP contribution in [0.1, 0.15) is 16.0 Å². The first-order valence-electron chi connectivity index (χ1n) is 7.91. The van der Waals surface area contributed by atoms with Crippen molar-refractivity contribution in [2.75, 3.05) is 25.0 Å². The van der Waals surface area contributed by atoms with E-state index in [1.165, 1.54) is 20.7 Å². The first kappa shape index (κ1) is 16.9. The highest BCUT2D eigenvalue weighted by atomic mass is 32.1. The molecule has 0 spiro atoms. The third-order valence-electron chi connectivity index (χ3n) is 3.91. The molecular weight excluding hydrogens is 338 g/mol. The molecule has 0 unspecified atom stereocenters. The van der Waals surface area contributed by atoms with Gasteiger partial charge in [-0.3, -0.25) is 4.79 Å². The van der Waals surface area contributed by atoms with Crippen LogP contribution >= 0.6 is 22.7 Å². The van der Waals surface area contributed by atoms with Gasteiger partial charge in [0.15, 0.2) is 5.13 Å². The maximum atomic E-state index is 12.1. The van der Waals surface area contributed by atoms with E-state index in [4.69, 9.17) is 4.98 Å². The zero-order valence-corrected chi connectivity index (χ0v) is 15.8. The van der Waals surface area contributed by atoms with Crippen LogP contribution in [0.5, 0.6) is 0 Å². The van der Waals surface area contributed by atoms with Crippen LogP contribution in [0.25, 0.3) is 10.2 Å². The predicted molar refractivity (Wildman–Crippen MR) is 103 cm³/mol. The Bertz CT molecular complexity index is 800. The Morgan fingerprint density at radius 3 is 2.75 bits per heavy atom. The summed E-state index contributed by atoms with van der Waals surface area (Å²) in [5.74, 6) is 0.0294. The molecule has 0 saturated heterocycles. The number of benzene rings is 1. The maximum Gasteiger partial charge on any atom is 0.239 e.